The lowest BCUT2D eigenvalue weighted by Gasteiger charge is -2.40. The van der Waals surface area contributed by atoms with E-state index in [0.717, 1.165) is 16.7 Å². The maximum absolute atomic E-state index is 14.0. The number of anilines is 1. The van der Waals surface area contributed by atoms with Crippen LogP contribution in [0.5, 0.6) is 5.75 Å². The molecule has 0 aromatic heterocycles. The maximum atomic E-state index is 14.0. The summed E-state index contributed by atoms with van der Waals surface area (Å²) in [5, 5.41) is 10.7. The number of ether oxygens (including phenoxy) is 2. The van der Waals surface area contributed by atoms with Crippen LogP contribution in [0.4, 0.5) is 5.69 Å². The van der Waals surface area contributed by atoms with Gasteiger partial charge in [0, 0.05) is 24.7 Å². The summed E-state index contributed by atoms with van der Waals surface area (Å²) in [4.78, 5) is 12.5. The number of benzene rings is 3. The Kier molecular flexibility index (Phi) is 6.91. The Balaban J connectivity index is 1.58. The molecule has 9 heteroatoms. The highest BCUT2D eigenvalue weighted by Gasteiger charge is 2.45. The highest BCUT2D eigenvalue weighted by molar-refractivity contribution is 7.92. The lowest BCUT2D eigenvalue weighted by atomic mass is 9.75. The average Bonchev–Trinajstić information content (AvgIpc) is 2.88. The number of hydrogen-bond acceptors (Lipinski definition) is 5. The molecule has 1 saturated heterocycles. The molecule has 3 aromatic rings. The quantitative estimate of drug-likeness (QED) is 0.440. The van der Waals surface area contributed by atoms with Gasteiger partial charge in [-0.3, -0.25) is 9.10 Å². The van der Waals surface area contributed by atoms with Crippen LogP contribution in [-0.2, 0) is 19.6 Å². The van der Waals surface area contributed by atoms with Gasteiger partial charge in [0.15, 0.2) is 0 Å². The summed E-state index contributed by atoms with van der Waals surface area (Å²) in [5.74, 6) is -0.513. The first-order valence-corrected chi connectivity index (χ1v) is 14.0. The van der Waals surface area contributed by atoms with E-state index in [4.69, 9.17) is 21.1 Å². The molecule has 1 N–H and O–H groups in total. The third-order valence-electron chi connectivity index (χ3n) is 7.15. The summed E-state index contributed by atoms with van der Waals surface area (Å²) in [5.41, 5.74) is 1.84. The highest BCUT2D eigenvalue weighted by atomic mass is 35.5. The molecule has 0 amide bonds. The van der Waals surface area contributed by atoms with Gasteiger partial charge in [-0.2, -0.15) is 0 Å². The zero-order chi connectivity index (χ0) is 26.2. The second-order valence-corrected chi connectivity index (χ2v) is 12.0. The van der Waals surface area contributed by atoms with E-state index in [-0.39, 0.29) is 17.9 Å². The molecule has 2 aliphatic rings. The normalized spacial score (nSPS) is 19.1. The van der Waals surface area contributed by atoms with E-state index in [1.165, 1.54) is 4.31 Å². The summed E-state index contributed by atoms with van der Waals surface area (Å²) < 4.78 is 41.0. The van der Waals surface area contributed by atoms with Crippen LogP contribution in [0.15, 0.2) is 71.6 Å². The molecule has 0 radical (unpaired) electrons. The Morgan fingerprint density at radius 2 is 1.78 bits per heavy atom. The van der Waals surface area contributed by atoms with E-state index in [1.807, 2.05) is 37.3 Å². The van der Waals surface area contributed by atoms with E-state index >= 15 is 0 Å². The van der Waals surface area contributed by atoms with E-state index in [1.54, 1.807) is 36.4 Å². The number of halogens is 1. The molecule has 0 bridgehead atoms. The minimum atomic E-state index is -3.96. The van der Waals surface area contributed by atoms with Gasteiger partial charge < -0.3 is 14.6 Å². The fourth-order valence-electron chi connectivity index (χ4n) is 5.10. The van der Waals surface area contributed by atoms with Gasteiger partial charge in [-0.05, 0) is 72.9 Å². The lowest BCUT2D eigenvalue weighted by molar-refractivity contribution is -0.157. The topological polar surface area (TPSA) is 93.1 Å². The number of fused-ring (bicyclic) bond motifs is 1. The van der Waals surface area contributed by atoms with Crippen molar-refractivity contribution in [3.05, 3.63) is 77.3 Å². The van der Waals surface area contributed by atoms with Crippen molar-refractivity contribution in [2.45, 2.75) is 37.2 Å². The molecule has 1 atom stereocenters. The van der Waals surface area contributed by atoms with Crippen molar-refractivity contribution in [1.29, 1.82) is 0 Å². The monoisotopic (exact) mass is 541 g/mol. The van der Waals surface area contributed by atoms with Gasteiger partial charge in [-0.25, -0.2) is 8.42 Å². The van der Waals surface area contributed by atoms with Crippen molar-refractivity contribution < 1.29 is 27.8 Å². The summed E-state index contributed by atoms with van der Waals surface area (Å²) in [6, 6.07) is 19.5. The van der Waals surface area contributed by atoms with E-state index in [9.17, 15) is 18.3 Å². The Labute approximate surface area is 221 Å². The van der Waals surface area contributed by atoms with Crippen molar-refractivity contribution >= 4 is 33.3 Å². The third kappa shape index (κ3) is 5.06. The van der Waals surface area contributed by atoms with Gasteiger partial charge >= 0.3 is 5.97 Å². The zero-order valence-electron chi connectivity index (χ0n) is 20.4. The maximum Gasteiger partial charge on any atom is 0.309 e. The molecule has 1 fully saturated rings. The average molecular weight is 542 g/mol. The Hall–Kier alpha value is -3.07. The fourth-order valence-corrected chi connectivity index (χ4v) is 6.89. The molecule has 0 aliphatic carbocycles. The van der Waals surface area contributed by atoms with Crippen LogP contribution in [0.3, 0.4) is 0 Å². The van der Waals surface area contributed by atoms with Crippen LogP contribution < -0.4 is 9.04 Å². The van der Waals surface area contributed by atoms with Gasteiger partial charge in [-0.15, -0.1) is 0 Å². The summed E-state index contributed by atoms with van der Waals surface area (Å²) in [7, 11) is -3.96. The number of carbonyl (C=O) groups is 1. The summed E-state index contributed by atoms with van der Waals surface area (Å²) in [6.07, 6.45) is 0.250. The third-order valence-corrected chi connectivity index (χ3v) is 9.16. The van der Waals surface area contributed by atoms with E-state index < -0.39 is 27.5 Å². The van der Waals surface area contributed by atoms with Crippen LogP contribution in [-0.4, -0.2) is 45.4 Å². The van der Waals surface area contributed by atoms with Gasteiger partial charge in [0.1, 0.15) is 11.9 Å². The number of rotatable bonds is 6. The van der Waals surface area contributed by atoms with Crippen LogP contribution >= 0.6 is 11.6 Å². The smallest absolute Gasteiger partial charge is 0.309 e. The van der Waals surface area contributed by atoms with Crippen molar-refractivity contribution in [2.24, 2.45) is 5.41 Å². The molecule has 7 nitrogen and oxygen atoms in total. The molecule has 0 saturated carbocycles. The Morgan fingerprint density at radius 1 is 1.05 bits per heavy atom. The Bertz CT molecular complexity index is 1430. The van der Waals surface area contributed by atoms with E-state index in [2.05, 4.69) is 0 Å². The first-order chi connectivity index (χ1) is 17.7. The fraction of sp³-hybridized carbons (Fsp3) is 0.321. The number of aryl methyl sites for hydroxylation is 1. The highest BCUT2D eigenvalue weighted by Crippen LogP contribution is 2.44. The SMILES string of the molecule is Cc1cccc(S(=O)(=O)N2C[C@H](CC3(C(=O)O)CCOCC3)Oc3ccc(-c4cccc(Cl)c4)cc32)c1. The van der Waals surface area contributed by atoms with Crippen LogP contribution in [0, 0.1) is 12.3 Å². The van der Waals surface area contributed by atoms with Crippen molar-refractivity contribution in [1.82, 2.24) is 0 Å². The van der Waals surface area contributed by atoms with Crippen molar-refractivity contribution in [3.8, 4) is 16.9 Å². The summed E-state index contributed by atoms with van der Waals surface area (Å²) >= 11 is 6.20. The Morgan fingerprint density at radius 3 is 2.49 bits per heavy atom. The molecule has 5 rings (SSSR count). The molecular weight excluding hydrogens is 514 g/mol. The standard InChI is InChI=1S/C28H28ClNO6S/c1-19-4-2-7-24(14-19)37(33,34)30-18-23(17-28(27(31)32)10-12-35-13-11-28)36-26-9-8-21(16-25(26)30)20-5-3-6-22(29)15-20/h2-9,14-16,23H,10-13,17-18H2,1H3,(H,31,32)/t23-/m0/s1. The predicted molar refractivity (Wildman–Crippen MR) is 142 cm³/mol. The molecular formula is C28H28ClNO6S. The van der Waals surface area contributed by atoms with Crippen LogP contribution in [0.1, 0.15) is 24.8 Å². The number of carboxylic acids is 1. The first-order valence-electron chi connectivity index (χ1n) is 12.2. The minimum Gasteiger partial charge on any atom is -0.486 e. The number of carboxylic acid groups (broad SMARTS) is 1. The number of aliphatic carboxylic acids is 1. The van der Waals surface area contributed by atoms with Crippen LogP contribution in [0.25, 0.3) is 11.1 Å². The van der Waals surface area contributed by atoms with Crippen molar-refractivity contribution in [3.63, 3.8) is 0 Å². The molecule has 194 valence electrons. The molecule has 2 aliphatic heterocycles. The largest absolute Gasteiger partial charge is 0.486 e. The van der Waals surface area contributed by atoms with E-state index in [0.29, 0.717) is 42.5 Å². The summed E-state index contributed by atoms with van der Waals surface area (Å²) in [6.45, 7) is 2.54. The molecule has 0 spiro atoms. The zero-order valence-corrected chi connectivity index (χ0v) is 22.0. The van der Waals surface area contributed by atoms with Crippen molar-refractivity contribution in [2.75, 3.05) is 24.1 Å². The van der Waals surface area contributed by atoms with Gasteiger partial charge in [-0.1, -0.05) is 41.9 Å². The van der Waals surface area contributed by atoms with Gasteiger partial charge in [0.2, 0.25) is 0 Å². The molecule has 2 heterocycles. The number of hydrogen-bond donors (Lipinski definition) is 1. The first kappa shape index (κ1) is 25.6. The lowest BCUT2D eigenvalue weighted by Crippen LogP contribution is -2.48. The van der Waals surface area contributed by atoms with Crippen LogP contribution in [0.2, 0.25) is 5.02 Å². The second kappa shape index (κ2) is 10.0. The predicted octanol–water partition coefficient (Wildman–Crippen LogP) is 5.54. The number of nitrogens with zero attached hydrogens (tertiary/aromatic N) is 1. The minimum absolute atomic E-state index is 0.00182. The number of sulfonamides is 1. The molecule has 3 aromatic carbocycles. The van der Waals surface area contributed by atoms with Gasteiger partial charge in [0.25, 0.3) is 10.0 Å². The second-order valence-electron chi connectivity index (χ2n) is 9.69. The van der Waals surface area contributed by atoms with Gasteiger partial charge in [0.05, 0.1) is 22.5 Å². The molecule has 37 heavy (non-hydrogen) atoms. The molecule has 0 unspecified atom stereocenters.